The molecule has 84 valence electrons. The molecule has 0 saturated heterocycles. The average molecular weight is 220 g/mol. The first-order valence-corrected chi connectivity index (χ1v) is 4.91. The molecule has 4 nitrogen and oxygen atoms in total. The maximum Gasteiger partial charge on any atom is 0.331 e. The molecule has 0 radical (unpaired) electrons. The first kappa shape index (κ1) is 10.7. The van der Waals surface area contributed by atoms with Crippen LogP contribution < -0.4 is 4.74 Å². The fraction of sp³-hybridized carbons (Fsp3) is 0.250. The number of carbonyl (C=O) groups excluding carboxylic acids is 1. The lowest BCUT2D eigenvalue weighted by atomic mass is 10.0. The van der Waals surface area contributed by atoms with Crippen molar-refractivity contribution in [2.45, 2.75) is 12.2 Å². The van der Waals surface area contributed by atoms with Gasteiger partial charge in [0.1, 0.15) is 11.9 Å². The molecule has 2 rings (SSSR count). The fourth-order valence-corrected chi connectivity index (χ4v) is 1.57. The number of hydrogen-bond donors (Lipinski definition) is 1. The minimum Gasteiger partial charge on any atom is -0.497 e. The molecule has 1 aliphatic rings. The zero-order valence-electron chi connectivity index (χ0n) is 8.79. The average Bonchev–Trinajstić information content (AvgIpc) is 2.75. The van der Waals surface area contributed by atoms with E-state index in [4.69, 9.17) is 9.47 Å². The summed E-state index contributed by atoms with van der Waals surface area (Å²) in [6.45, 7) is 0. The Hall–Kier alpha value is -1.81. The topological polar surface area (TPSA) is 55.8 Å². The van der Waals surface area contributed by atoms with Crippen molar-refractivity contribution < 1.29 is 19.4 Å². The Balaban J connectivity index is 2.17. The molecular weight excluding hydrogens is 208 g/mol. The van der Waals surface area contributed by atoms with Crippen molar-refractivity contribution in [2.24, 2.45) is 0 Å². The van der Waals surface area contributed by atoms with E-state index in [9.17, 15) is 9.90 Å². The van der Waals surface area contributed by atoms with Crippen molar-refractivity contribution in [2.75, 3.05) is 7.11 Å². The second-order valence-corrected chi connectivity index (χ2v) is 3.48. The van der Waals surface area contributed by atoms with Gasteiger partial charge in [-0.15, -0.1) is 0 Å². The van der Waals surface area contributed by atoms with Crippen molar-refractivity contribution in [3.63, 3.8) is 0 Å². The predicted octanol–water partition coefficient (Wildman–Crippen LogP) is 1.21. The highest BCUT2D eigenvalue weighted by Gasteiger charge is 2.26. The Morgan fingerprint density at radius 3 is 2.94 bits per heavy atom. The molecular formula is C12H12O4. The van der Waals surface area contributed by atoms with E-state index in [0.29, 0.717) is 11.3 Å². The molecule has 1 N–H and O–H groups in total. The Labute approximate surface area is 93.1 Å². The van der Waals surface area contributed by atoms with Crippen molar-refractivity contribution in [1.82, 2.24) is 0 Å². The van der Waals surface area contributed by atoms with Crippen LogP contribution in [0.3, 0.4) is 0 Å². The van der Waals surface area contributed by atoms with Gasteiger partial charge in [-0.25, -0.2) is 4.79 Å². The number of rotatable bonds is 3. The zero-order valence-corrected chi connectivity index (χ0v) is 8.79. The number of methoxy groups -OCH3 is 1. The Bertz CT molecular complexity index is 425. The number of aliphatic hydroxyl groups is 1. The second kappa shape index (κ2) is 4.37. The van der Waals surface area contributed by atoms with Gasteiger partial charge in [0.05, 0.1) is 7.11 Å². The van der Waals surface area contributed by atoms with E-state index >= 15 is 0 Å². The molecule has 0 bridgehead atoms. The predicted molar refractivity (Wildman–Crippen MR) is 57.0 cm³/mol. The minimum absolute atomic E-state index is 0.424. The highest BCUT2D eigenvalue weighted by atomic mass is 16.6. The third-order valence-corrected chi connectivity index (χ3v) is 2.42. The number of ether oxygens (including phenoxy) is 2. The number of benzene rings is 1. The maximum absolute atomic E-state index is 10.9. The molecule has 0 spiro atoms. The van der Waals surface area contributed by atoms with E-state index in [0.717, 1.165) is 0 Å². The van der Waals surface area contributed by atoms with Crippen molar-refractivity contribution in [3.8, 4) is 5.75 Å². The van der Waals surface area contributed by atoms with Crippen LogP contribution in [0.1, 0.15) is 11.7 Å². The first-order chi connectivity index (χ1) is 7.70. The number of carbonyl (C=O) groups is 1. The zero-order chi connectivity index (χ0) is 11.5. The Morgan fingerprint density at radius 1 is 1.50 bits per heavy atom. The molecule has 1 aromatic carbocycles. The lowest BCUT2D eigenvalue weighted by Crippen LogP contribution is -2.18. The molecule has 0 aliphatic carbocycles. The smallest absolute Gasteiger partial charge is 0.331 e. The molecule has 2 atom stereocenters. The summed E-state index contributed by atoms with van der Waals surface area (Å²) in [4.78, 5) is 10.9. The van der Waals surface area contributed by atoms with Crippen LogP contribution in [0.2, 0.25) is 0 Å². The van der Waals surface area contributed by atoms with Crippen LogP contribution in [0, 0.1) is 0 Å². The molecule has 1 aromatic rings. The summed E-state index contributed by atoms with van der Waals surface area (Å²) in [5.74, 6) is 0.233. The quantitative estimate of drug-likeness (QED) is 0.778. The van der Waals surface area contributed by atoms with Gasteiger partial charge < -0.3 is 14.6 Å². The van der Waals surface area contributed by atoms with Crippen LogP contribution in [-0.2, 0) is 9.53 Å². The standard InChI is InChI=1S/C12H12O4/c1-15-9-4-2-3-8(7-9)12(14)10-5-6-11(13)16-10/h2-7,10,12,14H,1H3. The molecule has 2 unspecified atom stereocenters. The summed E-state index contributed by atoms with van der Waals surface area (Å²) in [6.07, 6.45) is 1.39. The molecule has 4 heteroatoms. The van der Waals surface area contributed by atoms with E-state index in [1.165, 1.54) is 6.08 Å². The van der Waals surface area contributed by atoms with Gasteiger partial charge in [0.15, 0.2) is 6.10 Å². The van der Waals surface area contributed by atoms with Crippen molar-refractivity contribution >= 4 is 5.97 Å². The summed E-state index contributed by atoms with van der Waals surface area (Å²) < 4.78 is 9.96. The van der Waals surface area contributed by atoms with Crippen molar-refractivity contribution in [3.05, 3.63) is 42.0 Å². The lowest BCUT2D eigenvalue weighted by Gasteiger charge is -2.17. The first-order valence-electron chi connectivity index (χ1n) is 4.91. The maximum atomic E-state index is 10.9. The van der Waals surface area contributed by atoms with Crippen LogP contribution in [0.15, 0.2) is 36.4 Å². The van der Waals surface area contributed by atoms with E-state index in [2.05, 4.69) is 0 Å². The molecule has 0 aromatic heterocycles. The molecule has 16 heavy (non-hydrogen) atoms. The number of hydrogen-bond acceptors (Lipinski definition) is 4. The van der Waals surface area contributed by atoms with Crippen LogP contribution in [0.25, 0.3) is 0 Å². The van der Waals surface area contributed by atoms with Crippen LogP contribution in [0.5, 0.6) is 5.75 Å². The summed E-state index contributed by atoms with van der Waals surface area (Å²) in [5.41, 5.74) is 0.656. The Kier molecular flexibility index (Phi) is 2.92. The van der Waals surface area contributed by atoms with Gasteiger partial charge in [-0.1, -0.05) is 12.1 Å². The summed E-state index contributed by atoms with van der Waals surface area (Å²) >= 11 is 0. The lowest BCUT2D eigenvalue weighted by molar-refractivity contribution is -0.142. The van der Waals surface area contributed by atoms with E-state index in [1.807, 2.05) is 0 Å². The van der Waals surface area contributed by atoms with Gasteiger partial charge in [-0.05, 0) is 23.8 Å². The highest BCUT2D eigenvalue weighted by molar-refractivity contribution is 5.84. The van der Waals surface area contributed by atoms with Gasteiger partial charge in [0.25, 0.3) is 0 Å². The van der Waals surface area contributed by atoms with Gasteiger partial charge in [0.2, 0.25) is 0 Å². The number of aliphatic hydroxyl groups excluding tert-OH is 1. The summed E-state index contributed by atoms with van der Waals surface area (Å²) in [5, 5.41) is 9.97. The van der Waals surface area contributed by atoms with Crippen LogP contribution in [-0.4, -0.2) is 24.3 Å². The van der Waals surface area contributed by atoms with Crippen LogP contribution in [0.4, 0.5) is 0 Å². The number of cyclic esters (lactones) is 1. The largest absolute Gasteiger partial charge is 0.497 e. The van der Waals surface area contributed by atoms with Gasteiger partial charge in [-0.2, -0.15) is 0 Å². The van der Waals surface area contributed by atoms with Gasteiger partial charge >= 0.3 is 5.97 Å². The highest BCUT2D eigenvalue weighted by Crippen LogP contribution is 2.25. The van der Waals surface area contributed by atoms with E-state index in [1.54, 1.807) is 37.5 Å². The normalized spacial score (nSPS) is 20.6. The number of esters is 1. The Morgan fingerprint density at radius 2 is 2.31 bits per heavy atom. The second-order valence-electron chi connectivity index (χ2n) is 3.48. The fourth-order valence-electron chi connectivity index (χ4n) is 1.57. The minimum atomic E-state index is -0.863. The van der Waals surface area contributed by atoms with E-state index in [-0.39, 0.29) is 0 Å². The monoisotopic (exact) mass is 220 g/mol. The van der Waals surface area contributed by atoms with Crippen LogP contribution >= 0.6 is 0 Å². The summed E-state index contributed by atoms with van der Waals surface area (Å²) in [6, 6.07) is 7.03. The van der Waals surface area contributed by atoms with Gasteiger partial charge in [-0.3, -0.25) is 0 Å². The molecule has 0 saturated carbocycles. The third-order valence-electron chi connectivity index (χ3n) is 2.42. The molecule has 1 aliphatic heterocycles. The summed E-state index contributed by atoms with van der Waals surface area (Å²) in [7, 11) is 1.56. The van der Waals surface area contributed by atoms with E-state index < -0.39 is 18.2 Å². The van der Waals surface area contributed by atoms with Gasteiger partial charge in [0, 0.05) is 6.08 Å². The molecule has 0 fully saturated rings. The molecule has 1 heterocycles. The SMILES string of the molecule is COc1cccc(C(O)C2C=CC(=O)O2)c1. The van der Waals surface area contributed by atoms with Crippen molar-refractivity contribution in [1.29, 1.82) is 0 Å². The third kappa shape index (κ3) is 2.06. The molecule has 0 amide bonds.